The van der Waals surface area contributed by atoms with Crippen molar-refractivity contribution in [1.29, 1.82) is 0 Å². The quantitative estimate of drug-likeness (QED) is 0.803. The first-order valence-corrected chi connectivity index (χ1v) is 5.09. The van der Waals surface area contributed by atoms with Gasteiger partial charge in [-0.1, -0.05) is 17.7 Å². The number of aromatic nitrogens is 2. The van der Waals surface area contributed by atoms with Crippen LogP contribution < -0.4 is 16.6 Å². The number of aromatic amines is 1. The molecule has 0 bridgehead atoms. The number of nitrogens with one attached hydrogen (secondary N) is 2. The molecule has 2 rings (SSSR count). The summed E-state index contributed by atoms with van der Waals surface area (Å²) in [6, 6.07) is 4.95. The van der Waals surface area contributed by atoms with Crippen molar-refractivity contribution in [2.45, 2.75) is 6.67 Å². The first-order chi connectivity index (χ1) is 7.65. The van der Waals surface area contributed by atoms with Crippen LogP contribution in [0.3, 0.4) is 0 Å². The van der Waals surface area contributed by atoms with E-state index in [9.17, 15) is 9.59 Å². The van der Waals surface area contributed by atoms with Crippen molar-refractivity contribution in [3.8, 4) is 0 Å². The van der Waals surface area contributed by atoms with Gasteiger partial charge in [0.2, 0.25) is 0 Å². The molecule has 2 aromatic rings. The fourth-order valence-corrected chi connectivity index (χ4v) is 1.81. The lowest BCUT2D eigenvalue weighted by Gasteiger charge is -2.05. The molecule has 0 saturated heterocycles. The Hall–Kier alpha value is -1.59. The van der Waals surface area contributed by atoms with Gasteiger partial charge in [0.15, 0.2) is 0 Å². The molecular formula is C10H10ClN3O2. The minimum atomic E-state index is -0.450. The lowest BCUT2D eigenvalue weighted by atomic mass is 10.2. The van der Waals surface area contributed by atoms with Gasteiger partial charge in [-0.25, -0.2) is 9.36 Å². The van der Waals surface area contributed by atoms with E-state index in [1.165, 1.54) is 0 Å². The fourth-order valence-electron chi connectivity index (χ4n) is 1.56. The molecule has 0 amide bonds. The number of hydrogen-bond donors (Lipinski definition) is 2. The lowest BCUT2D eigenvalue weighted by Crippen LogP contribution is -2.38. The number of halogens is 1. The van der Waals surface area contributed by atoms with Crippen molar-refractivity contribution in [2.24, 2.45) is 0 Å². The molecule has 0 fully saturated rings. The third kappa shape index (κ3) is 1.64. The van der Waals surface area contributed by atoms with Crippen molar-refractivity contribution in [3.05, 3.63) is 44.1 Å². The molecule has 0 unspecified atom stereocenters. The monoisotopic (exact) mass is 239 g/mol. The zero-order chi connectivity index (χ0) is 11.7. The van der Waals surface area contributed by atoms with Crippen LogP contribution in [-0.2, 0) is 6.67 Å². The summed E-state index contributed by atoms with van der Waals surface area (Å²) in [4.78, 5) is 26.2. The number of hydrogen-bond acceptors (Lipinski definition) is 3. The van der Waals surface area contributed by atoms with E-state index in [1.54, 1.807) is 25.2 Å². The van der Waals surface area contributed by atoms with Crippen molar-refractivity contribution in [2.75, 3.05) is 7.05 Å². The number of nitrogens with zero attached hydrogens (tertiary/aromatic N) is 1. The van der Waals surface area contributed by atoms with Gasteiger partial charge in [0.05, 0.1) is 22.6 Å². The van der Waals surface area contributed by atoms with E-state index in [4.69, 9.17) is 11.6 Å². The van der Waals surface area contributed by atoms with Crippen molar-refractivity contribution >= 4 is 22.5 Å². The standard InChI is InChI=1S/C10H10ClN3O2/c1-12-5-14-9(15)8-6(11)3-2-4-7(8)13-10(14)16/h2-4,12H,5H2,1H3,(H,13,16). The second kappa shape index (κ2) is 4.11. The highest BCUT2D eigenvalue weighted by molar-refractivity contribution is 6.35. The zero-order valence-electron chi connectivity index (χ0n) is 8.58. The van der Waals surface area contributed by atoms with Crippen LogP contribution in [0.4, 0.5) is 0 Å². The highest BCUT2D eigenvalue weighted by atomic mass is 35.5. The molecule has 0 spiro atoms. The molecule has 6 heteroatoms. The molecule has 0 aliphatic rings. The minimum absolute atomic E-state index is 0.148. The van der Waals surface area contributed by atoms with Gasteiger partial charge in [-0.05, 0) is 19.2 Å². The van der Waals surface area contributed by atoms with E-state index < -0.39 is 11.2 Å². The van der Waals surface area contributed by atoms with E-state index >= 15 is 0 Å². The Morgan fingerprint density at radius 1 is 1.44 bits per heavy atom. The maximum atomic E-state index is 12.0. The van der Waals surface area contributed by atoms with E-state index in [0.717, 1.165) is 4.57 Å². The van der Waals surface area contributed by atoms with Crippen LogP contribution in [-0.4, -0.2) is 16.6 Å². The highest BCUT2D eigenvalue weighted by Crippen LogP contribution is 2.16. The highest BCUT2D eigenvalue weighted by Gasteiger charge is 2.09. The van der Waals surface area contributed by atoms with Crippen LogP contribution in [0.15, 0.2) is 27.8 Å². The smallest absolute Gasteiger partial charge is 0.307 e. The Bertz CT molecular complexity index is 645. The largest absolute Gasteiger partial charge is 0.329 e. The summed E-state index contributed by atoms with van der Waals surface area (Å²) in [5.74, 6) is 0. The first kappa shape index (κ1) is 10.9. The van der Waals surface area contributed by atoms with Crippen LogP contribution in [0.1, 0.15) is 0 Å². The normalized spacial score (nSPS) is 10.9. The van der Waals surface area contributed by atoms with Crippen molar-refractivity contribution < 1.29 is 0 Å². The van der Waals surface area contributed by atoms with Gasteiger partial charge in [-0.3, -0.25) is 4.79 Å². The van der Waals surface area contributed by atoms with E-state index in [0.29, 0.717) is 15.9 Å². The molecule has 0 saturated carbocycles. The molecule has 16 heavy (non-hydrogen) atoms. The number of fused-ring (bicyclic) bond motifs is 1. The van der Waals surface area contributed by atoms with Gasteiger partial charge in [0.25, 0.3) is 5.56 Å². The molecule has 0 aliphatic heterocycles. The molecule has 0 atom stereocenters. The number of rotatable bonds is 2. The van der Waals surface area contributed by atoms with E-state index in [2.05, 4.69) is 10.3 Å². The van der Waals surface area contributed by atoms with Gasteiger partial charge < -0.3 is 10.3 Å². The summed E-state index contributed by atoms with van der Waals surface area (Å²) >= 11 is 5.93. The zero-order valence-corrected chi connectivity index (χ0v) is 9.34. The summed E-state index contributed by atoms with van der Waals surface area (Å²) in [7, 11) is 1.66. The molecule has 0 aliphatic carbocycles. The van der Waals surface area contributed by atoms with Gasteiger partial charge in [0.1, 0.15) is 0 Å². The van der Waals surface area contributed by atoms with Gasteiger partial charge >= 0.3 is 5.69 Å². The Labute approximate surface area is 95.7 Å². The maximum absolute atomic E-state index is 12.0. The predicted octanol–water partition coefficient (Wildman–Crippen LogP) is 0.520. The molecule has 1 aromatic carbocycles. The fraction of sp³-hybridized carbons (Fsp3) is 0.200. The van der Waals surface area contributed by atoms with Crippen LogP contribution >= 0.6 is 11.6 Å². The van der Waals surface area contributed by atoms with Crippen LogP contribution in [0.2, 0.25) is 5.02 Å². The van der Waals surface area contributed by atoms with Gasteiger partial charge in [-0.2, -0.15) is 0 Å². The van der Waals surface area contributed by atoms with Gasteiger partial charge in [0, 0.05) is 0 Å². The topological polar surface area (TPSA) is 66.9 Å². The number of H-pyrrole nitrogens is 1. The summed E-state index contributed by atoms with van der Waals surface area (Å²) in [6.45, 7) is 0.148. The molecule has 1 heterocycles. The lowest BCUT2D eigenvalue weighted by molar-refractivity contribution is 0.574. The van der Waals surface area contributed by atoms with Crippen LogP contribution in [0, 0.1) is 0 Å². The Balaban J connectivity index is 2.92. The average Bonchev–Trinajstić information content (AvgIpc) is 2.24. The Kier molecular flexibility index (Phi) is 2.80. The summed E-state index contributed by atoms with van der Waals surface area (Å²) in [5.41, 5.74) is -0.386. The van der Waals surface area contributed by atoms with E-state index in [-0.39, 0.29) is 6.67 Å². The third-order valence-corrected chi connectivity index (χ3v) is 2.59. The summed E-state index contributed by atoms with van der Waals surface area (Å²) < 4.78 is 1.06. The van der Waals surface area contributed by atoms with Crippen LogP contribution in [0.5, 0.6) is 0 Å². The molecule has 2 N–H and O–H groups in total. The second-order valence-corrected chi connectivity index (χ2v) is 3.74. The van der Waals surface area contributed by atoms with E-state index in [1.807, 2.05) is 0 Å². The summed E-state index contributed by atoms with van der Waals surface area (Å²) in [5, 5.41) is 3.42. The molecule has 84 valence electrons. The molecule has 0 radical (unpaired) electrons. The minimum Gasteiger partial charge on any atom is -0.307 e. The summed E-state index contributed by atoms with van der Waals surface area (Å²) in [6.07, 6.45) is 0. The number of benzene rings is 1. The second-order valence-electron chi connectivity index (χ2n) is 3.34. The predicted molar refractivity (Wildman–Crippen MR) is 62.9 cm³/mol. The first-order valence-electron chi connectivity index (χ1n) is 4.71. The third-order valence-electron chi connectivity index (χ3n) is 2.28. The molecule has 1 aromatic heterocycles. The van der Waals surface area contributed by atoms with Crippen LogP contribution in [0.25, 0.3) is 10.9 Å². The SMILES string of the molecule is CNCn1c(=O)[nH]c2cccc(Cl)c2c1=O. The van der Waals surface area contributed by atoms with Gasteiger partial charge in [-0.15, -0.1) is 0 Å². The molecular weight excluding hydrogens is 230 g/mol. The molecule has 5 nitrogen and oxygen atoms in total. The Morgan fingerprint density at radius 3 is 2.88 bits per heavy atom. The van der Waals surface area contributed by atoms with Crippen molar-refractivity contribution in [1.82, 2.24) is 14.9 Å². The Morgan fingerprint density at radius 2 is 2.19 bits per heavy atom. The van der Waals surface area contributed by atoms with Crippen molar-refractivity contribution in [3.63, 3.8) is 0 Å². The maximum Gasteiger partial charge on any atom is 0.329 e. The average molecular weight is 240 g/mol.